The minimum Gasteiger partial charge on any atom is -0.493 e. The van der Waals surface area contributed by atoms with Gasteiger partial charge in [-0.25, -0.2) is 8.42 Å². The van der Waals surface area contributed by atoms with Crippen molar-refractivity contribution in [3.05, 3.63) is 24.3 Å². The van der Waals surface area contributed by atoms with Gasteiger partial charge in [-0.1, -0.05) is 12.1 Å². The monoisotopic (exact) mass is 275 g/mol. The molecule has 104 valence electrons. The van der Waals surface area contributed by atoms with Crippen molar-refractivity contribution in [2.45, 2.75) is 6.92 Å². The summed E-state index contributed by atoms with van der Waals surface area (Å²) in [5, 5.41) is 0. The van der Waals surface area contributed by atoms with Gasteiger partial charge >= 0.3 is 0 Å². The highest BCUT2D eigenvalue weighted by Gasteiger charge is 1.99. The van der Waals surface area contributed by atoms with Gasteiger partial charge in [-0.15, -0.1) is 0 Å². The third kappa shape index (κ3) is 7.92. The Bertz CT molecular complexity index is 431. The van der Waals surface area contributed by atoms with Crippen LogP contribution in [0.1, 0.15) is 6.92 Å². The SMILES string of the molecule is CCOc1ccccc1OC.CS(=O)(=O)CCN. The molecule has 0 atom stereocenters. The molecule has 1 aromatic carbocycles. The summed E-state index contributed by atoms with van der Waals surface area (Å²) in [6.45, 7) is 2.84. The fourth-order valence-corrected chi connectivity index (χ4v) is 1.54. The maximum atomic E-state index is 10.2. The first kappa shape index (κ1) is 16.7. The van der Waals surface area contributed by atoms with Crippen LogP contribution in [0.15, 0.2) is 24.3 Å². The highest BCUT2D eigenvalue weighted by molar-refractivity contribution is 7.90. The lowest BCUT2D eigenvalue weighted by molar-refractivity contribution is 0.311. The molecule has 5 nitrogen and oxygen atoms in total. The second-order valence-electron chi connectivity index (χ2n) is 3.50. The van der Waals surface area contributed by atoms with Gasteiger partial charge in [0.15, 0.2) is 11.5 Å². The van der Waals surface area contributed by atoms with Gasteiger partial charge in [0, 0.05) is 12.8 Å². The average molecular weight is 275 g/mol. The van der Waals surface area contributed by atoms with Gasteiger partial charge in [-0.2, -0.15) is 0 Å². The zero-order valence-electron chi connectivity index (χ0n) is 11.0. The molecule has 0 bridgehead atoms. The maximum absolute atomic E-state index is 10.2. The lowest BCUT2D eigenvalue weighted by Crippen LogP contribution is -2.13. The molecule has 0 heterocycles. The molecule has 0 aliphatic rings. The van der Waals surface area contributed by atoms with E-state index in [9.17, 15) is 8.42 Å². The normalized spacial score (nSPS) is 10.2. The van der Waals surface area contributed by atoms with E-state index < -0.39 is 9.84 Å². The zero-order chi connectivity index (χ0) is 14.0. The summed E-state index contributed by atoms with van der Waals surface area (Å²) in [5.41, 5.74) is 4.94. The van der Waals surface area contributed by atoms with Crippen molar-refractivity contribution in [3.8, 4) is 11.5 Å². The van der Waals surface area contributed by atoms with Crippen LogP contribution < -0.4 is 15.2 Å². The summed E-state index contributed by atoms with van der Waals surface area (Å²) in [7, 11) is -1.16. The van der Waals surface area contributed by atoms with Crippen molar-refractivity contribution in [2.24, 2.45) is 5.73 Å². The molecular weight excluding hydrogens is 254 g/mol. The molecule has 0 spiro atoms. The van der Waals surface area contributed by atoms with Gasteiger partial charge in [0.25, 0.3) is 0 Å². The van der Waals surface area contributed by atoms with Crippen LogP contribution in [-0.4, -0.2) is 40.7 Å². The molecule has 0 fully saturated rings. The van der Waals surface area contributed by atoms with E-state index in [0.717, 1.165) is 11.5 Å². The Morgan fingerprint density at radius 3 is 2.11 bits per heavy atom. The Kier molecular flexibility index (Phi) is 8.15. The Morgan fingerprint density at radius 2 is 1.78 bits per heavy atom. The van der Waals surface area contributed by atoms with Gasteiger partial charge in [-0.3, -0.25) is 0 Å². The number of para-hydroxylation sites is 2. The van der Waals surface area contributed by atoms with Crippen LogP contribution in [0.25, 0.3) is 0 Å². The molecule has 0 amide bonds. The lowest BCUT2D eigenvalue weighted by atomic mass is 10.3. The number of hydrogen-bond acceptors (Lipinski definition) is 5. The molecule has 1 rings (SSSR count). The standard InChI is InChI=1S/C9H12O2.C3H9NO2S/c1-3-11-9-7-5-4-6-8(9)10-2;1-7(5,6)3-2-4/h4-7H,3H2,1-2H3;2-4H2,1H3. The van der Waals surface area contributed by atoms with E-state index in [1.165, 1.54) is 6.26 Å². The number of sulfone groups is 1. The summed E-state index contributed by atoms with van der Waals surface area (Å²) in [6, 6.07) is 7.61. The van der Waals surface area contributed by atoms with Crippen molar-refractivity contribution >= 4 is 9.84 Å². The fraction of sp³-hybridized carbons (Fsp3) is 0.500. The highest BCUT2D eigenvalue weighted by Crippen LogP contribution is 2.25. The van der Waals surface area contributed by atoms with Gasteiger partial charge in [0.2, 0.25) is 0 Å². The number of nitrogens with two attached hydrogens (primary N) is 1. The van der Waals surface area contributed by atoms with Crippen LogP contribution in [0.5, 0.6) is 11.5 Å². The van der Waals surface area contributed by atoms with E-state index in [1.807, 2.05) is 31.2 Å². The smallest absolute Gasteiger partial charge is 0.161 e. The largest absolute Gasteiger partial charge is 0.493 e. The predicted molar refractivity (Wildman–Crippen MR) is 72.9 cm³/mol. The van der Waals surface area contributed by atoms with Crippen LogP contribution in [-0.2, 0) is 9.84 Å². The Labute approximate surface area is 109 Å². The summed E-state index contributed by atoms with van der Waals surface area (Å²) in [6.07, 6.45) is 1.17. The van der Waals surface area contributed by atoms with Crippen LogP contribution in [0.4, 0.5) is 0 Å². The third-order valence-electron chi connectivity index (χ3n) is 1.86. The first-order valence-corrected chi connectivity index (χ1v) is 7.64. The summed E-state index contributed by atoms with van der Waals surface area (Å²) < 4.78 is 30.7. The van der Waals surface area contributed by atoms with Gasteiger partial charge in [-0.05, 0) is 19.1 Å². The molecule has 1 aromatic rings. The summed E-state index contributed by atoms with van der Waals surface area (Å²) in [5.74, 6) is 1.68. The van der Waals surface area contributed by atoms with E-state index in [0.29, 0.717) is 6.61 Å². The first-order valence-electron chi connectivity index (χ1n) is 5.58. The second-order valence-corrected chi connectivity index (χ2v) is 5.76. The first-order chi connectivity index (χ1) is 8.44. The van der Waals surface area contributed by atoms with Crippen LogP contribution in [0.3, 0.4) is 0 Å². The second kappa shape index (κ2) is 8.77. The minimum absolute atomic E-state index is 0.0903. The van der Waals surface area contributed by atoms with E-state index in [-0.39, 0.29) is 12.3 Å². The highest BCUT2D eigenvalue weighted by atomic mass is 32.2. The maximum Gasteiger partial charge on any atom is 0.161 e. The van der Waals surface area contributed by atoms with E-state index in [1.54, 1.807) is 7.11 Å². The van der Waals surface area contributed by atoms with Crippen LogP contribution in [0.2, 0.25) is 0 Å². The number of ether oxygens (including phenoxy) is 2. The van der Waals surface area contributed by atoms with Gasteiger partial charge in [0.1, 0.15) is 9.84 Å². The number of methoxy groups -OCH3 is 1. The van der Waals surface area contributed by atoms with Crippen molar-refractivity contribution in [1.82, 2.24) is 0 Å². The molecule has 0 aromatic heterocycles. The molecular formula is C12H21NO4S. The molecule has 0 saturated heterocycles. The van der Waals surface area contributed by atoms with Crippen molar-refractivity contribution < 1.29 is 17.9 Å². The average Bonchev–Trinajstić information content (AvgIpc) is 2.29. The number of rotatable bonds is 5. The van der Waals surface area contributed by atoms with Gasteiger partial charge in [0.05, 0.1) is 19.5 Å². The quantitative estimate of drug-likeness (QED) is 0.870. The fourth-order valence-electron chi connectivity index (χ4n) is 1.11. The Hall–Kier alpha value is -1.27. The lowest BCUT2D eigenvalue weighted by Gasteiger charge is -2.07. The molecule has 6 heteroatoms. The summed E-state index contributed by atoms with van der Waals surface area (Å²) >= 11 is 0. The number of hydrogen-bond donors (Lipinski definition) is 1. The number of benzene rings is 1. The topological polar surface area (TPSA) is 78.6 Å². The Morgan fingerprint density at radius 1 is 1.22 bits per heavy atom. The van der Waals surface area contributed by atoms with E-state index in [4.69, 9.17) is 15.2 Å². The zero-order valence-corrected chi connectivity index (χ0v) is 11.9. The predicted octanol–water partition coefficient (Wildman–Crippen LogP) is 1.08. The molecule has 0 aliphatic carbocycles. The van der Waals surface area contributed by atoms with E-state index in [2.05, 4.69) is 0 Å². The van der Waals surface area contributed by atoms with Crippen LogP contribution in [0, 0.1) is 0 Å². The molecule has 0 unspecified atom stereocenters. The molecule has 2 N–H and O–H groups in total. The Balaban J connectivity index is 0.000000360. The molecule has 18 heavy (non-hydrogen) atoms. The molecule has 0 radical (unpaired) electrons. The van der Waals surface area contributed by atoms with Crippen molar-refractivity contribution in [2.75, 3.05) is 32.3 Å². The minimum atomic E-state index is -2.80. The van der Waals surface area contributed by atoms with E-state index >= 15 is 0 Å². The van der Waals surface area contributed by atoms with Crippen LogP contribution >= 0.6 is 0 Å². The van der Waals surface area contributed by atoms with Crippen molar-refractivity contribution in [1.29, 1.82) is 0 Å². The van der Waals surface area contributed by atoms with Gasteiger partial charge < -0.3 is 15.2 Å². The van der Waals surface area contributed by atoms with Crippen molar-refractivity contribution in [3.63, 3.8) is 0 Å². The third-order valence-corrected chi connectivity index (χ3v) is 2.83. The molecule has 0 saturated carbocycles. The molecule has 0 aliphatic heterocycles. The summed E-state index contributed by atoms with van der Waals surface area (Å²) in [4.78, 5) is 0.